The fourth-order valence-electron chi connectivity index (χ4n) is 3.92. The van der Waals surface area contributed by atoms with E-state index in [1.54, 1.807) is 11.3 Å². The Morgan fingerprint density at radius 2 is 2.04 bits per heavy atom. The predicted octanol–water partition coefficient (Wildman–Crippen LogP) is 5.15. The predicted molar refractivity (Wildman–Crippen MR) is 114 cm³/mol. The van der Waals surface area contributed by atoms with Gasteiger partial charge in [-0.2, -0.15) is 0 Å². The van der Waals surface area contributed by atoms with Crippen molar-refractivity contribution in [2.75, 3.05) is 13.1 Å². The van der Waals surface area contributed by atoms with Gasteiger partial charge in [-0.15, -0.1) is 11.3 Å². The number of piperidine rings is 1. The summed E-state index contributed by atoms with van der Waals surface area (Å²) in [7, 11) is 0. The van der Waals surface area contributed by atoms with Crippen LogP contribution in [-0.4, -0.2) is 33.9 Å². The van der Waals surface area contributed by atoms with Gasteiger partial charge in [-0.25, -0.2) is 9.97 Å². The minimum atomic E-state index is 0.144. The standard InChI is InChI=1S/C23H25N3OS/c1-15-6-4-7-18(12-15)20-13-24-17(3)25-22(20)19-8-5-11-26(14-19)23(27)21-10-9-16(2)28-21/h4,6-7,9-10,12-13,19H,5,8,11,14H2,1-3H3/t19-/m0/s1. The van der Waals surface area contributed by atoms with Crippen LogP contribution in [0.4, 0.5) is 0 Å². The highest BCUT2D eigenvalue weighted by Crippen LogP contribution is 2.34. The summed E-state index contributed by atoms with van der Waals surface area (Å²) in [6.07, 6.45) is 3.98. The Labute approximate surface area is 170 Å². The van der Waals surface area contributed by atoms with Crippen LogP contribution in [0.2, 0.25) is 0 Å². The highest BCUT2D eigenvalue weighted by atomic mass is 32.1. The van der Waals surface area contributed by atoms with Crippen LogP contribution in [0.3, 0.4) is 0 Å². The fraction of sp³-hybridized carbons (Fsp3) is 0.348. The van der Waals surface area contributed by atoms with Crippen LogP contribution in [0.15, 0.2) is 42.6 Å². The first-order valence-corrected chi connectivity index (χ1v) is 10.6. The Morgan fingerprint density at radius 3 is 2.79 bits per heavy atom. The van der Waals surface area contributed by atoms with E-state index in [1.165, 1.54) is 10.4 Å². The van der Waals surface area contributed by atoms with Crippen molar-refractivity contribution in [1.29, 1.82) is 0 Å². The number of aromatic nitrogens is 2. The second-order valence-electron chi connectivity index (χ2n) is 7.59. The maximum Gasteiger partial charge on any atom is 0.263 e. The molecule has 0 N–H and O–H groups in total. The van der Waals surface area contributed by atoms with Gasteiger partial charge in [0.25, 0.3) is 5.91 Å². The molecule has 144 valence electrons. The molecule has 28 heavy (non-hydrogen) atoms. The van der Waals surface area contributed by atoms with Gasteiger partial charge in [-0.1, -0.05) is 29.8 Å². The number of carbonyl (C=O) groups is 1. The van der Waals surface area contributed by atoms with E-state index < -0.39 is 0 Å². The minimum absolute atomic E-state index is 0.144. The highest BCUT2D eigenvalue weighted by molar-refractivity contribution is 7.13. The van der Waals surface area contributed by atoms with Gasteiger partial charge in [0, 0.05) is 35.6 Å². The number of likely N-dealkylation sites (tertiary alicyclic amines) is 1. The average molecular weight is 392 g/mol. The molecule has 0 spiro atoms. The molecule has 0 aliphatic carbocycles. The Morgan fingerprint density at radius 1 is 1.18 bits per heavy atom. The topological polar surface area (TPSA) is 46.1 Å². The van der Waals surface area contributed by atoms with E-state index in [1.807, 2.05) is 37.1 Å². The summed E-state index contributed by atoms with van der Waals surface area (Å²) in [4.78, 5) is 26.2. The van der Waals surface area contributed by atoms with Crippen molar-refractivity contribution < 1.29 is 4.79 Å². The first-order chi connectivity index (χ1) is 13.5. The smallest absolute Gasteiger partial charge is 0.263 e. The molecule has 1 aliphatic heterocycles. The lowest BCUT2D eigenvalue weighted by molar-refractivity contribution is 0.0711. The summed E-state index contributed by atoms with van der Waals surface area (Å²) in [5.74, 6) is 1.16. The zero-order valence-electron chi connectivity index (χ0n) is 16.6. The number of thiophene rings is 1. The van der Waals surface area contributed by atoms with Crippen LogP contribution in [-0.2, 0) is 0 Å². The first-order valence-electron chi connectivity index (χ1n) is 9.77. The second kappa shape index (κ2) is 7.84. The summed E-state index contributed by atoms with van der Waals surface area (Å²) in [6.45, 7) is 7.60. The van der Waals surface area contributed by atoms with Gasteiger partial charge < -0.3 is 4.90 Å². The number of hydrogen-bond acceptors (Lipinski definition) is 4. The Balaban J connectivity index is 1.65. The van der Waals surface area contributed by atoms with E-state index in [9.17, 15) is 4.79 Å². The van der Waals surface area contributed by atoms with Gasteiger partial charge in [0.15, 0.2) is 0 Å². The van der Waals surface area contributed by atoms with Crippen LogP contribution < -0.4 is 0 Å². The quantitative estimate of drug-likeness (QED) is 0.620. The fourth-order valence-corrected chi connectivity index (χ4v) is 4.76. The van der Waals surface area contributed by atoms with E-state index in [2.05, 4.69) is 36.2 Å². The lowest BCUT2D eigenvalue weighted by Gasteiger charge is -2.33. The van der Waals surface area contributed by atoms with Gasteiger partial charge in [0.2, 0.25) is 0 Å². The van der Waals surface area contributed by atoms with Crippen LogP contribution >= 0.6 is 11.3 Å². The molecule has 0 bridgehead atoms. The molecule has 1 aliphatic rings. The maximum absolute atomic E-state index is 13.0. The summed E-state index contributed by atoms with van der Waals surface area (Å²) in [5, 5.41) is 0. The largest absolute Gasteiger partial charge is 0.337 e. The highest BCUT2D eigenvalue weighted by Gasteiger charge is 2.29. The summed E-state index contributed by atoms with van der Waals surface area (Å²) in [6, 6.07) is 12.4. The third kappa shape index (κ3) is 3.85. The van der Waals surface area contributed by atoms with E-state index >= 15 is 0 Å². The van der Waals surface area contributed by atoms with Crippen molar-refractivity contribution in [3.8, 4) is 11.1 Å². The van der Waals surface area contributed by atoms with E-state index in [0.717, 1.165) is 46.9 Å². The number of rotatable bonds is 3. The van der Waals surface area contributed by atoms with E-state index in [-0.39, 0.29) is 11.8 Å². The van der Waals surface area contributed by atoms with Crippen molar-refractivity contribution in [1.82, 2.24) is 14.9 Å². The molecular weight excluding hydrogens is 366 g/mol. The van der Waals surface area contributed by atoms with Gasteiger partial charge in [-0.05, 0) is 51.3 Å². The number of aryl methyl sites for hydroxylation is 3. The average Bonchev–Trinajstić information content (AvgIpc) is 3.14. The molecule has 3 heterocycles. The molecule has 0 saturated carbocycles. The molecule has 0 radical (unpaired) electrons. The third-order valence-corrected chi connectivity index (χ3v) is 6.30. The molecular formula is C23H25N3OS. The number of amides is 1. The van der Waals surface area contributed by atoms with Gasteiger partial charge >= 0.3 is 0 Å². The molecule has 1 atom stereocenters. The molecule has 2 aromatic heterocycles. The van der Waals surface area contributed by atoms with Crippen molar-refractivity contribution in [2.24, 2.45) is 0 Å². The van der Waals surface area contributed by atoms with E-state index in [4.69, 9.17) is 4.98 Å². The number of nitrogens with zero attached hydrogens (tertiary/aromatic N) is 3. The van der Waals surface area contributed by atoms with Crippen LogP contribution in [0, 0.1) is 20.8 Å². The SMILES string of the molecule is Cc1cccc(-c2cnc(C)nc2[C@H]2CCCN(C(=O)c3ccc(C)s3)C2)c1. The molecule has 1 amide bonds. The number of hydrogen-bond donors (Lipinski definition) is 0. The van der Waals surface area contributed by atoms with Crippen LogP contribution in [0.1, 0.15) is 50.4 Å². The zero-order valence-corrected chi connectivity index (χ0v) is 17.4. The van der Waals surface area contributed by atoms with Gasteiger partial charge in [0.1, 0.15) is 5.82 Å². The number of carbonyl (C=O) groups excluding carboxylic acids is 1. The van der Waals surface area contributed by atoms with Crippen LogP contribution in [0.25, 0.3) is 11.1 Å². The normalized spacial score (nSPS) is 17.0. The summed E-state index contributed by atoms with van der Waals surface area (Å²) < 4.78 is 0. The molecule has 1 saturated heterocycles. The molecule has 1 fully saturated rings. The Bertz CT molecular complexity index is 1010. The lowest BCUT2D eigenvalue weighted by Crippen LogP contribution is -2.39. The summed E-state index contributed by atoms with van der Waals surface area (Å²) >= 11 is 1.57. The number of benzene rings is 1. The van der Waals surface area contributed by atoms with Crippen molar-refractivity contribution >= 4 is 17.2 Å². The third-order valence-electron chi connectivity index (χ3n) is 5.31. The lowest BCUT2D eigenvalue weighted by atomic mass is 9.89. The van der Waals surface area contributed by atoms with Crippen molar-refractivity contribution in [3.63, 3.8) is 0 Å². The second-order valence-corrected chi connectivity index (χ2v) is 8.87. The summed E-state index contributed by atoms with van der Waals surface area (Å²) in [5.41, 5.74) is 4.52. The van der Waals surface area contributed by atoms with Crippen molar-refractivity contribution in [2.45, 2.75) is 39.5 Å². The maximum atomic E-state index is 13.0. The van der Waals surface area contributed by atoms with Crippen molar-refractivity contribution in [3.05, 3.63) is 69.4 Å². The monoisotopic (exact) mass is 391 g/mol. The van der Waals surface area contributed by atoms with Crippen LogP contribution in [0.5, 0.6) is 0 Å². The van der Waals surface area contributed by atoms with E-state index in [0.29, 0.717) is 6.54 Å². The molecule has 4 nitrogen and oxygen atoms in total. The Kier molecular flexibility index (Phi) is 5.27. The minimum Gasteiger partial charge on any atom is -0.337 e. The molecule has 1 aromatic carbocycles. The zero-order chi connectivity index (χ0) is 19.7. The Hall–Kier alpha value is -2.53. The molecule has 3 aromatic rings. The van der Waals surface area contributed by atoms with Gasteiger partial charge in [-0.3, -0.25) is 4.79 Å². The van der Waals surface area contributed by atoms with Gasteiger partial charge in [0.05, 0.1) is 10.6 Å². The molecule has 0 unspecified atom stereocenters. The molecule has 4 rings (SSSR count). The molecule has 5 heteroatoms. The first kappa shape index (κ1) is 18.8.